The second-order valence-electron chi connectivity index (χ2n) is 4.31. The number of hydrogen-bond donors (Lipinski definition) is 2. The predicted octanol–water partition coefficient (Wildman–Crippen LogP) is 2.82. The van der Waals surface area contributed by atoms with Gasteiger partial charge in [-0.3, -0.25) is 0 Å². The van der Waals surface area contributed by atoms with Crippen molar-refractivity contribution in [2.24, 2.45) is 10.7 Å². The summed E-state index contributed by atoms with van der Waals surface area (Å²) in [6.45, 7) is 5.50. The van der Waals surface area contributed by atoms with Crippen LogP contribution in [-0.4, -0.2) is 12.5 Å². The molecule has 0 fully saturated rings. The molecule has 0 aliphatic carbocycles. The van der Waals surface area contributed by atoms with Crippen molar-refractivity contribution in [3.8, 4) is 0 Å². The zero-order valence-electron chi connectivity index (χ0n) is 10.9. The van der Waals surface area contributed by atoms with Gasteiger partial charge in [0.1, 0.15) is 5.82 Å². The van der Waals surface area contributed by atoms with Crippen LogP contribution in [0.4, 0.5) is 17.6 Å². The molecule has 0 saturated carbocycles. The molecule has 3 nitrogen and oxygen atoms in total. The number of rotatable bonds is 4. The summed E-state index contributed by atoms with van der Waals surface area (Å²) in [6.07, 6.45) is -4.63. The fraction of sp³-hybridized carbons (Fsp3) is 0.308. The van der Waals surface area contributed by atoms with Gasteiger partial charge in [-0.1, -0.05) is 18.2 Å². The van der Waals surface area contributed by atoms with Gasteiger partial charge in [0.2, 0.25) is 0 Å². The van der Waals surface area contributed by atoms with Gasteiger partial charge < -0.3 is 11.1 Å². The van der Waals surface area contributed by atoms with Gasteiger partial charge in [0.25, 0.3) is 0 Å². The first-order chi connectivity index (χ1) is 9.20. The van der Waals surface area contributed by atoms with Crippen molar-refractivity contribution in [1.29, 1.82) is 0 Å². The van der Waals surface area contributed by atoms with Crippen LogP contribution in [0.25, 0.3) is 0 Å². The van der Waals surface area contributed by atoms with E-state index in [1.807, 2.05) is 0 Å². The van der Waals surface area contributed by atoms with E-state index in [1.165, 1.54) is 0 Å². The van der Waals surface area contributed by atoms with Crippen molar-refractivity contribution in [2.45, 2.75) is 19.6 Å². The molecule has 0 aliphatic rings. The summed E-state index contributed by atoms with van der Waals surface area (Å²) < 4.78 is 51.1. The molecule has 3 N–H and O–H groups in total. The highest BCUT2D eigenvalue weighted by Gasteiger charge is 2.33. The molecule has 0 unspecified atom stereocenters. The molecule has 0 saturated heterocycles. The fourth-order valence-electron chi connectivity index (χ4n) is 1.42. The number of benzene rings is 1. The first-order valence-corrected chi connectivity index (χ1v) is 5.74. The quantitative estimate of drug-likeness (QED) is 0.387. The molecule has 0 aromatic heterocycles. The van der Waals surface area contributed by atoms with Gasteiger partial charge in [-0.2, -0.15) is 13.2 Å². The van der Waals surface area contributed by atoms with E-state index < -0.39 is 17.6 Å². The molecule has 0 aliphatic heterocycles. The van der Waals surface area contributed by atoms with Crippen molar-refractivity contribution in [3.63, 3.8) is 0 Å². The van der Waals surface area contributed by atoms with Crippen LogP contribution >= 0.6 is 0 Å². The Bertz CT molecular complexity index is 521. The van der Waals surface area contributed by atoms with Gasteiger partial charge in [-0.15, -0.1) is 0 Å². The van der Waals surface area contributed by atoms with Crippen LogP contribution in [0.1, 0.15) is 18.1 Å². The number of halogens is 4. The predicted molar refractivity (Wildman–Crippen MR) is 69.5 cm³/mol. The molecule has 0 radical (unpaired) electrons. The standard InChI is InChI=1S/C13H15F4N3/c1-8(2)6-19-12(18)20-7-9-3-4-10(14)5-11(9)13(15,16)17/h3-5H,1,6-7H2,2H3,(H3,18,19,20). The van der Waals surface area contributed by atoms with Crippen molar-refractivity contribution < 1.29 is 17.6 Å². The van der Waals surface area contributed by atoms with E-state index >= 15 is 0 Å². The Labute approximate surface area is 114 Å². The summed E-state index contributed by atoms with van der Waals surface area (Å²) in [5, 5.41) is 2.69. The first-order valence-electron chi connectivity index (χ1n) is 5.74. The maximum Gasteiger partial charge on any atom is 0.416 e. The monoisotopic (exact) mass is 289 g/mol. The second kappa shape index (κ2) is 6.40. The zero-order valence-corrected chi connectivity index (χ0v) is 10.9. The van der Waals surface area contributed by atoms with Gasteiger partial charge in [0.05, 0.1) is 12.1 Å². The van der Waals surface area contributed by atoms with Crippen LogP contribution in [0.3, 0.4) is 0 Å². The molecule has 7 heteroatoms. The Morgan fingerprint density at radius 1 is 1.40 bits per heavy atom. The van der Waals surface area contributed by atoms with E-state index in [0.29, 0.717) is 12.6 Å². The Kier molecular flexibility index (Phi) is 5.12. The molecule has 1 aromatic rings. The summed E-state index contributed by atoms with van der Waals surface area (Å²) in [5.41, 5.74) is 5.12. The summed E-state index contributed by atoms with van der Waals surface area (Å²) in [4.78, 5) is 3.79. The molecular formula is C13H15F4N3. The van der Waals surface area contributed by atoms with Gasteiger partial charge in [0.15, 0.2) is 5.96 Å². The van der Waals surface area contributed by atoms with Gasteiger partial charge in [-0.05, 0) is 24.6 Å². The Morgan fingerprint density at radius 3 is 2.60 bits per heavy atom. The van der Waals surface area contributed by atoms with Crippen LogP contribution in [0.2, 0.25) is 0 Å². The van der Waals surface area contributed by atoms with Gasteiger partial charge in [0, 0.05) is 6.54 Å². The van der Waals surface area contributed by atoms with Crippen LogP contribution in [0.15, 0.2) is 35.3 Å². The molecule has 0 spiro atoms. The summed E-state index contributed by atoms with van der Waals surface area (Å²) in [5.74, 6) is -0.941. The lowest BCUT2D eigenvalue weighted by molar-refractivity contribution is -0.138. The highest BCUT2D eigenvalue weighted by Crippen LogP contribution is 2.32. The fourth-order valence-corrected chi connectivity index (χ4v) is 1.42. The number of aliphatic imine (C=N–C) groups is 1. The highest BCUT2D eigenvalue weighted by atomic mass is 19.4. The normalized spacial score (nSPS) is 12.3. The van der Waals surface area contributed by atoms with E-state index in [2.05, 4.69) is 16.9 Å². The molecule has 110 valence electrons. The lowest BCUT2D eigenvalue weighted by Gasteiger charge is -2.12. The molecule has 1 aromatic carbocycles. The molecular weight excluding hydrogens is 274 g/mol. The van der Waals surface area contributed by atoms with Crippen LogP contribution in [-0.2, 0) is 12.7 Å². The van der Waals surface area contributed by atoms with Crippen molar-refractivity contribution >= 4 is 5.96 Å². The Balaban J connectivity index is 2.87. The minimum atomic E-state index is -4.63. The topological polar surface area (TPSA) is 50.4 Å². The third kappa shape index (κ3) is 4.91. The third-order valence-electron chi connectivity index (χ3n) is 2.37. The SMILES string of the molecule is C=C(C)CNC(N)=NCc1ccc(F)cc1C(F)(F)F. The van der Waals surface area contributed by atoms with Crippen LogP contribution < -0.4 is 11.1 Å². The van der Waals surface area contributed by atoms with E-state index in [4.69, 9.17) is 5.73 Å². The second-order valence-corrected chi connectivity index (χ2v) is 4.31. The van der Waals surface area contributed by atoms with Gasteiger partial charge in [-0.25, -0.2) is 9.38 Å². The van der Waals surface area contributed by atoms with E-state index in [0.717, 1.165) is 17.7 Å². The van der Waals surface area contributed by atoms with Crippen molar-refractivity contribution in [3.05, 3.63) is 47.3 Å². The maximum absolute atomic E-state index is 12.9. The zero-order chi connectivity index (χ0) is 15.3. The number of nitrogens with zero attached hydrogens (tertiary/aromatic N) is 1. The summed E-state index contributed by atoms with van der Waals surface area (Å²) in [7, 11) is 0. The molecule has 1 rings (SSSR count). The largest absolute Gasteiger partial charge is 0.416 e. The van der Waals surface area contributed by atoms with Crippen LogP contribution in [0.5, 0.6) is 0 Å². The van der Waals surface area contributed by atoms with E-state index in [-0.39, 0.29) is 18.1 Å². The average molecular weight is 289 g/mol. The number of alkyl halides is 3. The molecule has 0 heterocycles. The smallest absolute Gasteiger partial charge is 0.370 e. The molecule has 0 amide bonds. The Morgan fingerprint density at radius 2 is 2.05 bits per heavy atom. The third-order valence-corrected chi connectivity index (χ3v) is 2.37. The average Bonchev–Trinajstić information content (AvgIpc) is 2.33. The lowest BCUT2D eigenvalue weighted by Crippen LogP contribution is -2.32. The van der Waals surface area contributed by atoms with E-state index in [1.54, 1.807) is 6.92 Å². The van der Waals surface area contributed by atoms with E-state index in [9.17, 15) is 17.6 Å². The van der Waals surface area contributed by atoms with Crippen molar-refractivity contribution in [1.82, 2.24) is 5.32 Å². The number of hydrogen-bond acceptors (Lipinski definition) is 1. The minimum absolute atomic E-state index is 0.00505. The molecule has 0 atom stereocenters. The minimum Gasteiger partial charge on any atom is -0.370 e. The Hall–Kier alpha value is -2.05. The van der Waals surface area contributed by atoms with Gasteiger partial charge >= 0.3 is 6.18 Å². The summed E-state index contributed by atoms with van der Waals surface area (Å²) >= 11 is 0. The highest BCUT2D eigenvalue weighted by molar-refractivity contribution is 5.78. The molecule has 0 bridgehead atoms. The summed E-state index contributed by atoms with van der Waals surface area (Å²) in [6, 6.07) is 2.45. The maximum atomic E-state index is 12.9. The lowest BCUT2D eigenvalue weighted by atomic mass is 10.1. The van der Waals surface area contributed by atoms with Crippen LogP contribution in [0, 0.1) is 5.82 Å². The number of nitrogens with two attached hydrogens (primary N) is 1. The molecule has 20 heavy (non-hydrogen) atoms. The number of guanidine groups is 1. The number of nitrogens with one attached hydrogen (secondary N) is 1. The van der Waals surface area contributed by atoms with Crippen molar-refractivity contribution in [2.75, 3.05) is 6.54 Å². The first kappa shape index (κ1) is 16.0.